The van der Waals surface area contributed by atoms with Crippen LogP contribution in [0.1, 0.15) is 8.27 Å². The molecular weight excluding hydrogens is 760 g/mol. The minimum atomic E-state index is -0.758. The molecule has 22 heavy (non-hydrogen) atoms. The average Bonchev–Trinajstić information content (AvgIpc) is 3.23. The predicted molar refractivity (Wildman–Crippen MR) is 69.6 cm³/mol. The van der Waals surface area contributed by atoms with Crippen molar-refractivity contribution < 1.29 is 92.4 Å². The molecule has 0 aromatic rings. The van der Waals surface area contributed by atoms with Crippen LogP contribution in [-0.4, -0.2) is 65.6 Å². The minimum absolute atomic E-state index is 0. The van der Waals surface area contributed by atoms with Gasteiger partial charge >= 0.3 is 0 Å². The molecule has 9 heteroatoms. The van der Waals surface area contributed by atoms with Gasteiger partial charge in [0, 0.05) is 68.8 Å². The van der Waals surface area contributed by atoms with E-state index in [9.17, 15) is 5.11 Å². The first-order valence-electron chi connectivity index (χ1n) is 7.32. The summed E-state index contributed by atoms with van der Waals surface area (Å²) in [5.41, 5.74) is -1.29. The Morgan fingerprint density at radius 3 is 2.59 bits per heavy atom. The molecular formula is C13H18O6SU2-2. The first-order valence-corrected chi connectivity index (χ1v) is 7.66. The molecule has 0 aromatic carbocycles. The fourth-order valence-electron chi connectivity index (χ4n) is 3.00. The summed E-state index contributed by atoms with van der Waals surface area (Å²) in [7, 11) is 0. The molecule has 6 nitrogen and oxygen atoms in total. The molecule has 0 unspecified atom stereocenters. The van der Waals surface area contributed by atoms with Gasteiger partial charge in [-0.25, -0.2) is 0 Å². The normalized spacial score (nSPS) is 48.9. The number of fused-ring (bicyclic) bond motifs is 4. The molecule has 4 rings (SSSR count). The van der Waals surface area contributed by atoms with Gasteiger partial charge in [0.15, 0.2) is 0 Å². The van der Waals surface area contributed by atoms with E-state index in [2.05, 4.69) is 0 Å². The number of aliphatic hydroxyl groups excluding tert-OH is 1. The van der Waals surface area contributed by atoms with Gasteiger partial charge in [0.2, 0.25) is 0 Å². The van der Waals surface area contributed by atoms with Crippen molar-refractivity contribution in [1.82, 2.24) is 0 Å². The van der Waals surface area contributed by atoms with Crippen LogP contribution in [0, 0.1) is 75.4 Å². The first kappa shape index (κ1) is 19.0. The van der Waals surface area contributed by atoms with Gasteiger partial charge in [-0.15, -0.1) is 11.8 Å². The van der Waals surface area contributed by atoms with E-state index >= 15 is 0 Å². The van der Waals surface area contributed by atoms with Crippen LogP contribution in [0.5, 0.6) is 0 Å². The SMILES string of the molecule is [2H]C[C@@]12CO[C@@H]([CH-]O1)[C@@H]2SCOC[C@@]12CO[C@@H]([CH-]O1)[C@@H]2O.[U].[U]. The maximum absolute atomic E-state index is 10.0. The largest absolute Gasteiger partial charge is 0.543 e. The Labute approximate surface area is 183 Å². The molecule has 122 valence electrons. The Morgan fingerprint density at radius 1 is 1.27 bits per heavy atom. The van der Waals surface area contributed by atoms with Crippen molar-refractivity contribution in [2.24, 2.45) is 0 Å². The second-order valence-electron chi connectivity index (χ2n) is 5.69. The molecule has 4 heterocycles. The van der Waals surface area contributed by atoms with Crippen LogP contribution in [0.25, 0.3) is 0 Å². The molecule has 0 aromatic heterocycles. The van der Waals surface area contributed by atoms with Gasteiger partial charge in [-0.1, -0.05) is 0 Å². The molecule has 4 aliphatic heterocycles. The van der Waals surface area contributed by atoms with Gasteiger partial charge in [-0.05, 0) is 19.1 Å². The van der Waals surface area contributed by atoms with Gasteiger partial charge < -0.3 is 28.8 Å². The smallest absolute Gasteiger partial charge is 0.109 e. The van der Waals surface area contributed by atoms with Crippen molar-refractivity contribution in [3.05, 3.63) is 13.2 Å². The molecule has 4 bridgehead atoms. The van der Waals surface area contributed by atoms with Crippen LogP contribution in [0.2, 0.25) is 0 Å². The number of hydrogen-bond donors (Lipinski definition) is 1. The molecule has 6 atom stereocenters. The van der Waals surface area contributed by atoms with Crippen molar-refractivity contribution in [2.75, 3.05) is 25.8 Å². The number of hydrogen-bond acceptors (Lipinski definition) is 7. The van der Waals surface area contributed by atoms with Crippen molar-refractivity contribution in [3.63, 3.8) is 0 Å². The summed E-state index contributed by atoms with van der Waals surface area (Å²) in [6.07, 6.45) is -1.07. The second-order valence-corrected chi connectivity index (χ2v) is 6.76. The third-order valence-electron chi connectivity index (χ3n) is 4.26. The predicted octanol–water partition coefficient (Wildman–Crippen LogP) is 0.102. The second kappa shape index (κ2) is 7.84. The molecule has 0 aliphatic carbocycles. The zero-order chi connectivity index (χ0) is 14.5. The molecule has 0 saturated carbocycles. The van der Waals surface area contributed by atoms with Gasteiger partial charge in [-0.2, -0.15) is 13.2 Å². The van der Waals surface area contributed by atoms with E-state index in [-0.39, 0.29) is 93.2 Å². The van der Waals surface area contributed by atoms with E-state index in [1.54, 1.807) is 18.4 Å². The fraction of sp³-hybridized carbons (Fsp3) is 0.846. The molecule has 4 aliphatic rings. The molecule has 0 radical (unpaired) electrons. The van der Waals surface area contributed by atoms with E-state index in [4.69, 9.17) is 25.1 Å². The first-order chi connectivity index (χ1) is 10.2. The summed E-state index contributed by atoms with van der Waals surface area (Å²) >= 11 is 1.58. The monoisotopic (exact) mass is 779 g/mol. The standard InChI is InChI=1S/C13H18O6S.2U/c1-12-4-16-9(3-18-12)11(12)20-7-15-5-13-6-17-8(2-19-13)10(13)14;;/h2-3,8-11,14H,4-7H2,1H3;;/q-2;;/t8-,9-,10-,11-,12-,13-;;/m0../s1/i1D;;. The van der Waals surface area contributed by atoms with E-state index < -0.39 is 17.3 Å². The third-order valence-corrected chi connectivity index (χ3v) is 5.62. The third kappa shape index (κ3) is 3.40. The Bertz CT molecular complexity index is 404. The zero-order valence-corrected chi connectivity index (χ0v) is 21.0. The van der Waals surface area contributed by atoms with Gasteiger partial charge in [0.1, 0.15) is 5.60 Å². The van der Waals surface area contributed by atoms with Crippen LogP contribution >= 0.6 is 11.8 Å². The van der Waals surface area contributed by atoms with Gasteiger partial charge in [-0.3, -0.25) is 0 Å². The molecule has 1 N–H and O–H groups in total. The van der Waals surface area contributed by atoms with Crippen LogP contribution in [0.15, 0.2) is 0 Å². The Kier molecular flexibility index (Phi) is 6.77. The summed E-state index contributed by atoms with van der Waals surface area (Å²) < 4.78 is 35.4. The summed E-state index contributed by atoms with van der Waals surface area (Å²) in [5, 5.41) is 10.1. The number of aliphatic hydroxyl groups is 1. The maximum Gasteiger partial charge on any atom is 0.109 e. The number of ether oxygens (including phenoxy) is 5. The summed E-state index contributed by atoms with van der Waals surface area (Å²) in [6, 6.07) is 0. The Morgan fingerprint density at radius 2 is 2.05 bits per heavy atom. The molecule has 0 spiro atoms. The van der Waals surface area contributed by atoms with Crippen LogP contribution in [0.4, 0.5) is 0 Å². The van der Waals surface area contributed by atoms with Crippen molar-refractivity contribution in [2.45, 2.75) is 41.7 Å². The van der Waals surface area contributed by atoms with E-state index in [0.717, 1.165) is 0 Å². The van der Waals surface area contributed by atoms with Crippen molar-refractivity contribution >= 4 is 11.8 Å². The Hall–Kier alpha value is 2.21. The van der Waals surface area contributed by atoms with Gasteiger partial charge in [0.25, 0.3) is 0 Å². The van der Waals surface area contributed by atoms with Gasteiger partial charge in [0.05, 0.1) is 37.5 Å². The topological polar surface area (TPSA) is 66.4 Å². The summed E-state index contributed by atoms with van der Waals surface area (Å²) in [4.78, 5) is 0. The Balaban J connectivity index is 0.000000960. The summed E-state index contributed by atoms with van der Waals surface area (Å²) in [5.74, 6) is 0.436. The molecule has 0 amide bonds. The summed E-state index contributed by atoms with van der Waals surface area (Å²) in [6.45, 7) is 4.49. The van der Waals surface area contributed by atoms with E-state index in [1.165, 1.54) is 6.61 Å². The zero-order valence-electron chi connectivity index (χ0n) is 12.9. The van der Waals surface area contributed by atoms with Crippen molar-refractivity contribution in [3.8, 4) is 0 Å². The quantitative estimate of drug-likeness (QED) is 0.242. The van der Waals surface area contributed by atoms with Crippen molar-refractivity contribution in [1.29, 1.82) is 0 Å². The number of rotatable bonds is 5. The molecule has 4 fully saturated rings. The molecule has 4 saturated heterocycles. The van der Waals surface area contributed by atoms with E-state index in [0.29, 0.717) is 19.2 Å². The minimum Gasteiger partial charge on any atom is -0.543 e. The maximum atomic E-state index is 10.0. The fourth-order valence-corrected chi connectivity index (χ4v) is 4.08. The number of thioether (sulfide) groups is 1. The van der Waals surface area contributed by atoms with Crippen LogP contribution in [-0.2, 0) is 23.7 Å². The van der Waals surface area contributed by atoms with Crippen LogP contribution < -0.4 is 0 Å². The average molecular weight is 779 g/mol. The van der Waals surface area contributed by atoms with Crippen LogP contribution in [0.3, 0.4) is 0 Å². The van der Waals surface area contributed by atoms with E-state index in [1.807, 2.05) is 0 Å².